The van der Waals surface area contributed by atoms with Crippen LogP contribution in [0, 0.1) is 0 Å². The van der Waals surface area contributed by atoms with Gasteiger partial charge in [0.1, 0.15) is 17.1 Å². The predicted molar refractivity (Wildman–Crippen MR) is 74.7 cm³/mol. The van der Waals surface area contributed by atoms with E-state index in [1.165, 1.54) is 0 Å². The van der Waals surface area contributed by atoms with Crippen LogP contribution in [-0.4, -0.2) is 11.2 Å². The maximum Gasteiger partial charge on any atom is 0.119 e. The highest BCUT2D eigenvalue weighted by Gasteiger charge is 2.37. The lowest BCUT2D eigenvalue weighted by atomic mass is 9.78. The summed E-state index contributed by atoms with van der Waals surface area (Å²) in [6.07, 6.45) is 6.98. The van der Waals surface area contributed by atoms with Gasteiger partial charge in [-0.15, -0.1) is 0 Å². The summed E-state index contributed by atoms with van der Waals surface area (Å²) < 4.78 is 11.2. The molecule has 0 spiro atoms. The molecule has 1 saturated carbocycles. The highest BCUT2D eigenvalue weighted by atomic mass is 16.5. The Hall–Kier alpha value is -1.74. The second-order valence-corrected chi connectivity index (χ2v) is 5.81. The van der Waals surface area contributed by atoms with Gasteiger partial charge < -0.3 is 14.3 Å². The summed E-state index contributed by atoms with van der Waals surface area (Å²) in [4.78, 5) is 0. The van der Waals surface area contributed by atoms with Crippen molar-refractivity contribution in [3.8, 4) is 5.75 Å². The third kappa shape index (κ3) is 1.93. The van der Waals surface area contributed by atoms with Gasteiger partial charge in [-0.25, -0.2) is 0 Å². The summed E-state index contributed by atoms with van der Waals surface area (Å²) in [5.74, 6) is 1.81. The van der Waals surface area contributed by atoms with Crippen LogP contribution in [0.5, 0.6) is 5.75 Å². The van der Waals surface area contributed by atoms with E-state index in [9.17, 15) is 5.11 Å². The van der Waals surface area contributed by atoms with E-state index in [1.807, 2.05) is 30.3 Å². The molecule has 0 aliphatic heterocycles. The van der Waals surface area contributed by atoms with E-state index in [1.54, 1.807) is 6.26 Å². The van der Waals surface area contributed by atoms with Gasteiger partial charge in [0.15, 0.2) is 0 Å². The molecule has 2 aliphatic rings. The van der Waals surface area contributed by atoms with Gasteiger partial charge in [0.2, 0.25) is 0 Å². The van der Waals surface area contributed by atoms with Crippen molar-refractivity contribution in [3.05, 3.63) is 53.5 Å². The number of furan rings is 1. The van der Waals surface area contributed by atoms with Gasteiger partial charge in [0, 0.05) is 12.0 Å². The summed E-state index contributed by atoms with van der Waals surface area (Å²) in [6, 6.07) is 9.75. The number of benzene rings is 1. The molecule has 0 radical (unpaired) electrons. The number of aryl methyl sites for hydroxylation is 1. The third-order valence-corrected chi connectivity index (χ3v) is 4.29. The third-order valence-electron chi connectivity index (χ3n) is 4.29. The van der Waals surface area contributed by atoms with Gasteiger partial charge in [-0.2, -0.15) is 0 Å². The molecule has 20 heavy (non-hydrogen) atoms. The zero-order chi connectivity index (χ0) is 13.6. The van der Waals surface area contributed by atoms with Gasteiger partial charge >= 0.3 is 0 Å². The van der Waals surface area contributed by atoms with Crippen molar-refractivity contribution in [2.75, 3.05) is 0 Å². The van der Waals surface area contributed by atoms with Crippen LogP contribution in [0.1, 0.15) is 42.6 Å². The molecule has 1 N–H and O–H groups in total. The van der Waals surface area contributed by atoms with E-state index in [-0.39, 0.29) is 0 Å². The molecular weight excluding hydrogens is 252 g/mol. The van der Waals surface area contributed by atoms with Crippen molar-refractivity contribution in [2.24, 2.45) is 0 Å². The van der Waals surface area contributed by atoms with E-state index in [2.05, 4.69) is 0 Å². The van der Waals surface area contributed by atoms with Crippen LogP contribution in [0.2, 0.25) is 0 Å². The molecule has 1 atom stereocenters. The number of hydrogen-bond donors (Lipinski definition) is 1. The molecule has 1 fully saturated rings. The molecule has 1 aromatic carbocycles. The first kappa shape index (κ1) is 12.0. The molecule has 0 amide bonds. The van der Waals surface area contributed by atoms with Gasteiger partial charge in [-0.3, -0.25) is 0 Å². The standard InChI is InChI=1S/C17H18O3/c18-17(10-1-2-16-15(17)9-11-19-16)12-3-5-13(6-4-12)20-14-7-8-14/h3-6,9,11,14,18H,1-2,7-8,10H2. The Morgan fingerprint density at radius 3 is 2.70 bits per heavy atom. The quantitative estimate of drug-likeness (QED) is 0.929. The summed E-state index contributed by atoms with van der Waals surface area (Å²) in [6.45, 7) is 0. The van der Waals surface area contributed by atoms with Crippen molar-refractivity contribution >= 4 is 0 Å². The van der Waals surface area contributed by atoms with Crippen LogP contribution in [0.3, 0.4) is 0 Å². The maximum absolute atomic E-state index is 11.1. The first-order chi connectivity index (χ1) is 9.75. The molecule has 0 bridgehead atoms. The zero-order valence-electron chi connectivity index (χ0n) is 11.3. The predicted octanol–water partition coefficient (Wildman–Crippen LogP) is 3.39. The molecule has 3 nitrogen and oxygen atoms in total. The Labute approximate surface area is 118 Å². The number of fused-ring (bicyclic) bond motifs is 1. The van der Waals surface area contributed by atoms with Crippen LogP contribution in [0.4, 0.5) is 0 Å². The monoisotopic (exact) mass is 270 g/mol. The summed E-state index contributed by atoms with van der Waals surface area (Å²) in [5.41, 5.74) is 0.918. The number of rotatable bonds is 3. The van der Waals surface area contributed by atoms with E-state index in [0.29, 0.717) is 6.10 Å². The number of hydrogen-bond acceptors (Lipinski definition) is 3. The average molecular weight is 270 g/mol. The summed E-state index contributed by atoms with van der Waals surface area (Å²) in [7, 11) is 0. The second-order valence-electron chi connectivity index (χ2n) is 5.81. The fourth-order valence-electron chi connectivity index (χ4n) is 3.03. The number of ether oxygens (including phenoxy) is 1. The molecule has 1 aromatic heterocycles. The Balaban J connectivity index is 1.66. The van der Waals surface area contributed by atoms with Crippen molar-refractivity contribution in [3.63, 3.8) is 0 Å². The molecule has 1 heterocycles. The van der Waals surface area contributed by atoms with Gasteiger partial charge in [0.05, 0.1) is 12.4 Å². The minimum atomic E-state index is -0.918. The molecule has 104 valence electrons. The fraction of sp³-hybridized carbons (Fsp3) is 0.412. The number of aliphatic hydroxyl groups is 1. The highest BCUT2D eigenvalue weighted by Crippen LogP contribution is 2.41. The lowest BCUT2D eigenvalue weighted by molar-refractivity contribution is 0.0589. The van der Waals surface area contributed by atoms with Crippen molar-refractivity contribution in [2.45, 2.75) is 43.8 Å². The summed E-state index contributed by atoms with van der Waals surface area (Å²) in [5, 5.41) is 11.1. The minimum Gasteiger partial charge on any atom is -0.490 e. The smallest absolute Gasteiger partial charge is 0.119 e. The molecule has 4 rings (SSSR count). The van der Waals surface area contributed by atoms with Gasteiger partial charge in [-0.1, -0.05) is 12.1 Å². The molecule has 2 aromatic rings. The van der Waals surface area contributed by atoms with Gasteiger partial charge in [-0.05, 0) is 49.4 Å². The summed E-state index contributed by atoms with van der Waals surface area (Å²) >= 11 is 0. The molecular formula is C17H18O3. The Kier molecular flexibility index (Phi) is 2.64. The second kappa shape index (κ2) is 4.38. The first-order valence-electron chi connectivity index (χ1n) is 7.32. The topological polar surface area (TPSA) is 42.6 Å². The van der Waals surface area contributed by atoms with E-state index < -0.39 is 5.60 Å². The lowest BCUT2D eigenvalue weighted by Crippen LogP contribution is -2.30. The van der Waals surface area contributed by atoms with Crippen LogP contribution in [0.25, 0.3) is 0 Å². The first-order valence-corrected chi connectivity index (χ1v) is 7.32. The van der Waals surface area contributed by atoms with E-state index in [0.717, 1.165) is 54.7 Å². The van der Waals surface area contributed by atoms with Crippen LogP contribution >= 0.6 is 0 Å². The molecule has 2 aliphatic carbocycles. The van der Waals surface area contributed by atoms with Crippen molar-refractivity contribution < 1.29 is 14.3 Å². The highest BCUT2D eigenvalue weighted by molar-refractivity contribution is 5.41. The SMILES string of the molecule is OC1(c2ccc(OC3CC3)cc2)CCCc2occc21. The minimum absolute atomic E-state index is 0.402. The van der Waals surface area contributed by atoms with Crippen molar-refractivity contribution in [1.82, 2.24) is 0 Å². The van der Waals surface area contributed by atoms with Crippen LogP contribution in [-0.2, 0) is 12.0 Å². The van der Waals surface area contributed by atoms with Gasteiger partial charge in [0.25, 0.3) is 0 Å². The largest absolute Gasteiger partial charge is 0.490 e. The molecule has 0 saturated heterocycles. The van der Waals surface area contributed by atoms with Crippen molar-refractivity contribution in [1.29, 1.82) is 0 Å². The average Bonchev–Trinajstić information content (AvgIpc) is 3.13. The Morgan fingerprint density at radius 2 is 1.95 bits per heavy atom. The lowest BCUT2D eigenvalue weighted by Gasteiger charge is -2.32. The normalized spacial score (nSPS) is 25.2. The van der Waals surface area contributed by atoms with Crippen LogP contribution < -0.4 is 4.74 Å². The van der Waals surface area contributed by atoms with E-state index >= 15 is 0 Å². The van der Waals surface area contributed by atoms with E-state index in [4.69, 9.17) is 9.15 Å². The maximum atomic E-state index is 11.1. The molecule has 1 unspecified atom stereocenters. The zero-order valence-corrected chi connectivity index (χ0v) is 11.3. The molecule has 3 heteroatoms. The van der Waals surface area contributed by atoms with Crippen LogP contribution in [0.15, 0.2) is 41.0 Å². The Morgan fingerprint density at radius 1 is 1.15 bits per heavy atom. The fourth-order valence-corrected chi connectivity index (χ4v) is 3.03. The Bertz CT molecular complexity index is 609.